The van der Waals surface area contributed by atoms with E-state index in [1.807, 2.05) is 6.08 Å². The Bertz CT molecular complexity index is 609. The summed E-state index contributed by atoms with van der Waals surface area (Å²) in [5.74, 6) is 0.876. The van der Waals surface area contributed by atoms with Gasteiger partial charge in [-0.2, -0.15) is 0 Å². The molecule has 0 atom stereocenters. The molecule has 2 N–H and O–H groups in total. The van der Waals surface area contributed by atoms with Gasteiger partial charge in [0.25, 0.3) is 10.0 Å². The summed E-state index contributed by atoms with van der Waals surface area (Å²) in [6.45, 7) is 2.87. The van der Waals surface area contributed by atoms with Crippen LogP contribution >= 0.6 is 12.4 Å². The predicted molar refractivity (Wildman–Crippen MR) is 78.6 cm³/mol. The van der Waals surface area contributed by atoms with Crippen LogP contribution in [-0.2, 0) is 23.0 Å². The highest BCUT2D eigenvalue weighted by atomic mass is 35.5. The Kier molecular flexibility index (Phi) is 4.85. The van der Waals surface area contributed by atoms with E-state index in [1.165, 1.54) is 6.20 Å². The summed E-state index contributed by atoms with van der Waals surface area (Å²) in [5, 5.41) is 3.51. The lowest BCUT2D eigenvalue weighted by Crippen LogP contribution is -2.30. The van der Waals surface area contributed by atoms with Crippen molar-refractivity contribution in [3.63, 3.8) is 0 Å². The first kappa shape index (κ1) is 15.5. The number of nitrogens with zero attached hydrogens (tertiary/aromatic N) is 2. The molecule has 0 saturated carbocycles. The quantitative estimate of drug-likeness (QED) is 0.790. The van der Waals surface area contributed by atoms with E-state index in [4.69, 9.17) is 0 Å². The van der Waals surface area contributed by atoms with Crippen molar-refractivity contribution < 1.29 is 8.42 Å². The number of aryl methyl sites for hydroxylation is 1. The van der Waals surface area contributed by atoms with Crippen LogP contribution in [0.25, 0.3) is 0 Å². The fourth-order valence-electron chi connectivity index (χ4n) is 2.54. The average molecular weight is 319 g/mol. The summed E-state index contributed by atoms with van der Waals surface area (Å²) in [7, 11) is -3.45. The predicted octanol–water partition coefficient (Wildman–Crippen LogP) is 0.449. The molecule has 3 heterocycles. The number of halogens is 1. The van der Waals surface area contributed by atoms with E-state index in [-0.39, 0.29) is 12.4 Å². The topological polar surface area (TPSA) is 76.0 Å². The van der Waals surface area contributed by atoms with Crippen LogP contribution in [0.3, 0.4) is 0 Å². The lowest BCUT2D eigenvalue weighted by Gasteiger charge is -2.15. The van der Waals surface area contributed by atoms with Gasteiger partial charge in [0.15, 0.2) is 5.03 Å². The zero-order chi connectivity index (χ0) is 13.3. The van der Waals surface area contributed by atoms with Crippen LogP contribution in [0.5, 0.6) is 0 Å². The Morgan fingerprint density at radius 1 is 1.40 bits per heavy atom. The van der Waals surface area contributed by atoms with Gasteiger partial charge in [-0.05, 0) is 19.4 Å². The van der Waals surface area contributed by atoms with Gasteiger partial charge in [0.1, 0.15) is 5.82 Å². The van der Waals surface area contributed by atoms with E-state index in [1.54, 1.807) is 4.57 Å². The minimum atomic E-state index is -3.45. The molecule has 0 radical (unpaired) electrons. The molecular formula is C12H19ClN4O2S. The second-order valence-corrected chi connectivity index (χ2v) is 6.62. The van der Waals surface area contributed by atoms with Crippen LogP contribution in [0, 0.1) is 0 Å². The van der Waals surface area contributed by atoms with Crippen molar-refractivity contribution in [1.82, 2.24) is 19.6 Å². The molecule has 3 rings (SSSR count). The first-order valence-electron chi connectivity index (χ1n) is 6.59. The summed E-state index contributed by atoms with van der Waals surface area (Å²) >= 11 is 0. The van der Waals surface area contributed by atoms with E-state index in [0.29, 0.717) is 11.6 Å². The summed E-state index contributed by atoms with van der Waals surface area (Å²) < 4.78 is 29.0. The molecule has 112 valence electrons. The molecule has 6 nitrogen and oxygen atoms in total. The first-order valence-corrected chi connectivity index (χ1v) is 8.08. The summed E-state index contributed by atoms with van der Waals surface area (Å²) in [6, 6.07) is 0. The van der Waals surface area contributed by atoms with Gasteiger partial charge < -0.3 is 9.88 Å². The lowest BCUT2D eigenvalue weighted by molar-refractivity contribution is 0.565. The number of nitrogens with one attached hydrogen (secondary N) is 2. The third-order valence-electron chi connectivity index (χ3n) is 3.61. The first-order chi connectivity index (χ1) is 9.17. The van der Waals surface area contributed by atoms with Crippen LogP contribution in [-0.4, -0.2) is 37.6 Å². The van der Waals surface area contributed by atoms with Crippen LogP contribution < -0.4 is 10.0 Å². The number of aromatic nitrogens is 2. The molecule has 0 spiro atoms. The molecule has 1 aromatic rings. The van der Waals surface area contributed by atoms with Gasteiger partial charge in [-0.15, -0.1) is 12.4 Å². The second kappa shape index (κ2) is 6.26. The smallest absolute Gasteiger partial charge is 0.258 e. The zero-order valence-corrected chi connectivity index (χ0v) is 12.8. The molecule has 0 aliphatic carbocycles. The molecule has 2 aliphatic rings. The van der Waals surface area contributed by atoms with Gasteiger partial charge in [0.05, 0.1) is 6.20 Å². The van der Waals surface area contributed by atoms with Gasteiger partial charge >= 0.3 is 0 Å². The highest BCUT2D eigenvalue weighted by Gasteiger charge is 2.24. The van der Waals surface area contributed by atoms with E-state index in [0.717, 1.165) is 50.3 Å². The molecule has 0 amide bonds. The van der Waals surface area contributed by atoms with Crippen LogP contribution in [0.2, 0.25) is 0 Å². The van der Waals surface area contributed by atoms with Gasteiger partial charge in [-0.25, -0.2) is 18.1 Å². The maximum atomic E-state index is 12.3. The van der Waals surface area contributed by atoms with Crippen LogP contribution in [0.1, 0.15) is 18.7 Å². The van der Waals surface area contributed by atoms with Crippen molar-refractivity contribution in [3.8, 4) is 0 Å². The van der Waals surface area contributed by atoms with E-state index >= 15 is 0 Å². The zero-order valence-electron chi connectivity index (χ0n) is 11.1. The Labute approximate surface area is 125 Å². The number of imidazole rings is 1. The highest BCUT2D eigenvalue weighted by Crippen LogP contribution is 2.19. The molecule has 20 heavy (non-hydrogen) atoms. The Morgan fingerprint density at radius 2 is 2.25 bits per heavy atom. The van der Waals surface area contributed by atoms with Crippen molar-refractivity contribution in [3.05, 3.63) is 23.7 Å². The van der Waals surface area contributed by atoms with Crippen molar-refractivity contribution in [1.29, 1.82) is 0 Å². The van der Waals surface area contributed by atoms with Crippen LogP contribution in [0.15, 0.2) is 22.9 Å². The highest BCUT2D eigenvalue weighted by molar-refractivity contribution is 7.89. The molecular weight excluding hydrogens is 300 g/mol. The van der Waals surface area contributed by atoms with Crippen molar-refractivity contribution >= 4 is 22.4 Å². The molecule has 0 unspecified atom stereocenters. The minimum Gasteiger partial charge on any atom is -0.318 e. The Hall–Kier alpha value is -0.890. The average Bonchev–Trinajstić information content (AvgIpc) is 3.00. The molecule has 1 aromatic heterocycles. The third kappa shape index (κ3) is 3.06. The maximum Gasteiger partial charge on any atom is 0.258 e. The summed E-state index contributed by atoms with van der Waals surface area (Å²) in [5.41, 5.74) is 1.14. The van der Waals surface area contributed by atoms with Gasteiger partial charge in [-0.1, -0.05) is 11.6 Å². The van der Waals surface area contributed by atoms with Crippen molar-refractivity contribution in [2.75, 3.05) is 19.6 Å². The van der Waals surface area contributed by atoms with Crippen molar-refractivity contribution in [2.24, 2.45) is 0 Å². The summed E-state index contributed by atoms with van der Waals surface area (Å²) in [4.78, 5) is 4.18. The number of hydrogen-bond donors (Lipinski definition) is 2. The molecule has 0 bridgehead atoms. The van der Waals surface area contributed by atoms with Crippen molar-refractivity contribution in [2.45, 2.75) is 30.8 Å². The minimum absolute atomic E-state index is 0. The molecule has 0 aromatic carbocycles. The van der Waals surface area contributed by atoms with Gasteiger partial charge in [0, 0.05) is 26.1 Å². The molecule has 8 heteroatoms. The number of sulfonamides is 1. The van der Waals surface area contributed by atoms with E-state index in [9.17, 15) is 8.42 Å². The Balaban J connectivity index is 0.00000147. The molecule has 2 aliphatic heterocycles. The lowest BCUT2D eigenvalue weighted by atomic mass is 10.1. The molecule has 0 fully saturated rings. The van der Waals surface area contributed by atoms with E-state index in [2.05, 4.69) is 15.0 Å². The number of fused-ring (bicyclic) bond motifs is 1. The molecule has 0 saturated heterocycles. The fourth-order valence-corrected chi connectivity index (χ4v) is 3.74. The second-order valence-electron chi connectivity index (χ2n) is 4.91. The van der Waals surface area contributed by atoms with Crippen LogP contribution in [0.4, 0.5) is 0 Å². The normalized spacial score (nSPS) is 18.3. The SMILES string of the molecule is Cl.O=S(=O)(NCC1=CCNCC1)c1cnc2n1CCC2. The Morgan fingerprint density at radius 3 is 3.00 bits per heavy atom. The third-order valence-corrected chi connectivity index (χ3v) is 5.01. The largest absolute Gasteiger partial charge is 0.318 e. The monoisotopic (exact) mass is 318 g/mol. The maximum absolute atomic E-state index is 12.3. The number of rotatable bonds is 4. The van der Waals surface area contributed by atoms with E-state index < -0.39 is 10.0 Å². The standard InChI is InChI=1S/C12H18N4O2S.ClH/c17-19(18,15-8-10-3-5-13-6-4-10)12-9-14-11-2-1-7-16(11)12;/h3,9,13,15H,1-2,4-8H2;1H. The summed E-state index contributed by atoms with van der Waals surface area (Å²) in [6.07, 6.45) is 6.25. The van der Waals surface area contributed by atoms with Gasteiger partial charge in [0.2, 0.25) is 0 Å². The van der Waals surface area contributed by atoms with Gasteiger partial charge in [-0.3, -0.25) is 0 Å². The fraction of sp³-hybridized carbons (Fsp3) is 0.583. The number of hydrogen-bond acceptors (Lipinski definition) is 4.